The first kappa shape index (κ1) is 24.9. The number of hydrogen-bond acceptors (Lipinski definition) is 3. The van der Waals surface area contributed by atoms with E-state index in [9.17, 15) is 30.7 Å². The van der Waals surface area contributed by atoms with Gasteiger partial charge in [0.25, 0.3) is 0 Å². The van der Waals surface area contributed by atoms with Gasteiger partial charge in [-0.15, -0.1) is 0 Å². The van der Waals surface area contributed by atoms with Gasteiger partial charge in [-0.2, -0.15) is 35.8 Å². The molecular formula is C17H10Br3F7N2O. The SMILES string of the molecule is FC(F)(F)C(F)(F)C(F)(F)N/N=C\c1cc(Br)cc(Br)c1OCc1ccc(Br)cc1. The van der Waals surface area contributed by atoms with E-state index in [1.54, 1.807) is 30.3 Å². The van der Waals surface area contributed by atoms with Crippen molar-refractivity contribution in [1.29, 1.82) is 0 Å². The number of halogens is 10. The molecule has 1 N–H and O–H groups in total. The highest BCUT2D eigenvalue weighted by Crippen LogP contribution is 2.45. The van der Waals surface area contributed by atoms with Gasteiger partial charge in [0.15, 0.2) is 0 Å². The third-order valence-electron chi connectivity index (χ3n) is 3.49. The van der Waals surface area contributed by atoms with Crippen LogP contribution >= 0.6 is 47.8 Å². The summed E-state index contributed by atoms with van der Waals surface area (Å²) in [5.74, 6) is -6.21. The van der Waals surface area contributed by atoms with Gasteiger partial charge in [0.2, 0.25) is 0 Å². The number of ether oxygens (including phenoxy) is 1. The Morgan fingerprint density at radius 2 is 1.50 bits per heavy atom. The summed E-state index contributed by atoms with van der Waals surface area (Å²) in [6, 6.07) is 4.30. The average molecular weight is 631 g/mol. The molecule has 0 unspecified atom stereocenters. The molecule has 2 aromatic rings. The largest absolute Gasteiger partial charge is 0.487 e. The highest BCUT2D eigenvalue weighted by Gasteiger charge is 2.73. The molecule has 0 spiro atoms. The Bertz CT molecular complexity index is 919. The Hall–Kier alpha value is -1.34. The smallest absolute Gasteiger partial charge is 0.462 e. The van der Waals surface area contributed by atoms with Crippen molar-refractivity contribution in [2.45, 2.75) is 24.8 Å². The van der Waals surface area contributed by atoms with Gasteiger partial charge in [0.05, 0.1) is 10.7 Å². The summed E-state index contributed by atoms with van der Waals surface area (Å²) in [6.45, 7) is 0.0596. The lowest BCUT2D eigenvalue weighted by Crippen LogP contribution is -2.58. The predicted octanol–water partition coefficient (Wildman–Crippen LogP) is 7.27. The van der Waals surface area contributed by atoms with E-state index >= 15 is 0 Å². The van der Waals surface area contributed by atoms with Gasteiger partial charge in [-0.25, -0.2) is 5.43 Å². The molecule has 0 heterocycles. The van der Waals surface area contributed by atoms with Gasteiger partial charge in [0.1, 0.15) is 12.4 Å². The minimum absolute atomic E-state index is 0.0342. The third kappa shape index (κ3) is 5.88. The van der Waals surface area contributed by atoms with Gasteiger partial charge in [-0.05, 0) is 45.8 Å². The number of benzene rings is 2. The fraction of sp³-hybridized carbons (Fsp3) is 0.235. The molecule has 0 aliphatic rings. The Balaban J connectivity index is 2.23. The Morgan fingerprint density at radius 1 is 0.900 bits per heavy atom. The van der Waals surface area contributed by atoms with Crippen LogP contribution in [0.2, 0.25) is 0 Å². The zero-order chi connectivity index (χ0) is 22.7. The van der Waals surface area contributed by atoms with Crippen LogP contribution in [-0.2, 0) is 6.61 Å². The van der Waals surface area contributed by atoms with E-state index in [-0.39, 0.29) is 17.9 Å². The number of nitrogens with one attached hydrogen (secondary N) is 1. The summed E-state index contributed by atoms with van der Waals surface area (Å²) in [5.41, 5.74) is 1.36. The third-order valence-corrected chi connectivity index (χ3v) is 5.07. The Labute approximate surface area is 191 Å². The molecular weight excluding hydrogens is 621 g/mol. The molecule has 0 saturated carbocycles. The van der Waals surface area contributed by atoms with E-state index in [2.05, 4.69) is 52.9 Å². The van der Waals surface area contributed by atoms with E-state index in [1.165, 1.54) is 6.07 Å². The minimum atomic E-state index is -6.46. The molecule has 0 radical (unpaired) electrons. The highest BCUT2D eigenvalue weighted by molar-refractivity contribution is 9.11. The number of nitrogens with zero attached hydrogens (tertiary/aromatic N) is 1. The van der Waals surface area contributed by atoms with Crippen LogP contribution in [0.15, 0.2) is 54.9 Å². The molecule has 0 saturated heterocycles. The van der Waals surface area contributed by atoms with Crippen molar-refractivity contribution in [1.82, 2.24) is 5.43 Å². The fourth-order valence-corrected chi connectivity index (χ4v) is 3.63. The van der Waals surface area contributed by atoms with Crippen LogP contribution in [0.25, 0.3) is 0 Å². The normalized spacial score (nSPS) is 13.0. The second-order valence-electron chi connectivity index (χ2n) is 5.74. The number of hydrazone groups is 1. The quantitative estimate of drug-likeness (QED) is 0.151. The maximum absolute atomic E-state index is 13.3. The molecule has 0 aromatic heterocycles. The highest BCUT2D eigenvalue weighted by atomic mass is 79.9. The summed E-state index contributed by atoms with van der Waals surface area (Å²) in [4.78, 5) is 0. The standard InChI is InChI=1S/C17H10Br3F7N2O/c18-11-3-1-9(2-4-11)8-30-14-10(5-12(19)6-13(14)20)7-28-29-17(26,27)15(21,22)16(23,24)25/h1-7,29H,8H2/b28-7-. The maximum Gasteiger partial charge on any atom is 0.462 e. The van der Waals surface area contributed by atoms with E-state index in [0.717, 1.165) is 10.0 Å². The molecule has 0 aliphatic heterocycles. The van der Waals surface area contributed by atoms with E-state index in [0.29, 0.717) is 20.6 Å². The van der Waals surface area contributed by atoms with Crippen molar-refractivity contribution in [2.24, 2.45) is 5.10 Å². The number of alkyl halides is 7. The van der Waals surface area contributed by atoms with Crippen molar-refractivity contribution in [2.75, 3.05) is 0 Å². The average Bonchev–Trinajstić information content (AvgIpc) is 2.61. The second kappa shape index (κ2) is 9.43. The first-order valence-corrected chi connectivity index (χ1v) is 10.1. The van der Waals surface area contributed by atoms with E-state index in [4.69, 9.17) is 4.74 Å². The van der Waals surface area contributed by atoms with Crippen LogP contribution < -0.4 is 10.2 Å². The molecule has 164 valence electrons. The number of hydrogen-bond donors (Lipinski definition) is 1. The van der Waals surface area contributed by atoms with Crippen LogP contribution in [0.3, 0.4) is 0 Å². The molecule has 0 bridgehead atoms. The summed E-state index contributed by atoms with van der Waals surface area (Å²) >= 11 is 9.64. The Morgan fingerprint density at radius 3 is 2.07 bits per heavy atom. The molecule has 3 nitrogen and oxygen atoms in total. The zero-order valence-corrected chi connectivity index (χ0v) is 19.1. The van der Waals surface area contributed by atoms with Crippen LogP contribution in [0.5, 0.6) is 5.75 Å². The van der Waals surface area contributed by atoms with Crippen LogP contribution in [-0.4, -0.2) is 24.4 Å². The van der Waals surface area contributed by atoms with Crippen molar-refractivity contribution in [3.63, 3.8) is 0 Å². The van der Waals surface area contributed by atoms with Crippen LogP contribution in [0, 0.1) is 0 Å². The van der Waals surface area contributed by atoms with Gasteiger partial charge in [0, 0.05) is 14.5 Å². The van der Waals surface area contributed by atoms with Gasteiger partial charge >= 0.3 is 18.1 Å². The van der Waals surface area contributed by atoms with E-state index in [1.807, 2.05) is 0 Å². The lowest BCUT2D eigenvalue weighted by atomic mass is 10.2. The van der Waals surface area contributed by atoms with Crippen molar-refractivity contribution < 1.29 is 35.5 Å². The van der Waals surface area contributed by atoms with Crippen LogP contribution in [0.4, 0.5) is 30.7 Å². The summed E-state index contributed by atoms with van der Waals surface area (Å²) in [7, 11) is 0. The minimum Gasteiger partial charge on any atom is -0.487 e. The van der Waals surface area contributed by atoms with E-state index < -0.39 is 18.1 Å². The first-order valence-electron chi connectivity index (χ1n) is 7.73. The molecule has 0 fully saturated rings. The van der Waals surface area contributed by atoms with Crippen molar-refractivity contribution in [3.8, 4) is 5.75 Å². The molecule has 2 aromatic carbocycles. The van der Waals surface area contributed by atoms with Crippen molar-refractivity contribution in [3.05, 3.63) is 60.9 Å². The van der Waals surface area contributed by atoms with Gasteiger partial charge in [-0.3, -0.25) is 0 Å². The predicted molar refractivity (Wildman–Crippen MR) is 107 cm³/mol. The Kier molecular flexibility index (Phi) is 7.83. The molecule has 0 atom stereocenters. The summed E-state index contributed by atoms with van der Waals surface area (Å²) in [5, 5.41) is 2.87. The monoisotopic (exact) mass is 628 g/mol. The molecule has 2 rings (SSSR count). The lowest BCUT2D eigenvalue weighted by Gasteiger charge is -2.27. The number of rotatable bonds is 7. The summed E-state index contributed by atoms with van der Waals surface area (Å²) in [6.07, 6.45) is -5.82. The van der Waals surface area contributed by atoms with Crippen LogP contribution in [0.1, 0.15) is 11.1 Å². The molecule has 13 heteroatoms. The topological polar surface area (TPSA) is 33.6 Å². The van der Waals surface area contributed by atoms with Gasteiger partial charge in [-0.1, -0.05) is 44.0 Å². The van der Waals surface area contributed by atoms with Crippen molar-refractivity contribution >= 4 is 54.0 Å². The lowest BCUT2D eigenvalue weighted by molar-refractivity contribution is -0.361. The molecule has 30 heavy (non-hydrogen) atoms. The summed E-state index contributed by atoms with van der Waals surface area (Å²) < 4.78 is 96.3. The second-order valence-corrected chi connectivity index (χ2v) is 8.42. The molecule has 0 aliphatic carbocycles. The zero-order valence-electron chi connectivity index (χ0n) is 14.4. The fourth-order valence-electron chi connectivity index (χ4n) is 2.00. The molecule has 0 amide bonds. The maximum atomic E-state index is 13.3. The first-order chi connectivity index (χ1) is 13.7. The van der Waals surface area contributed by atoms with Gasteiger partial charge < -0.3 is 4.74 Å².